The number of carbonyl (C=O) groups excluding carboxylic acids is 2. The predicted octanol–water partition coefficient (Wildman–Crippen LogP) is 3.69. The average molecular weight is 431 g/mol. The summed E-state index contributed by atoms with van der Waals surface area (Å²) in [5, 5.41) is 13.8. The maximum Gasteiger partial charge on any atom is 0.269 e. The molecule has 3 aromatic rings. The molecule has 162 valence electrons. The predicted molar refractivity (Wildman–Crippen MR) is 118 cm³/mol. The molecule has 1 N–H and O–H groups in total. The summed E-state index contributed by atoms with van der Waals surface area (Å²) in [6.45, 7) is 1.90. The van der Waals surface area contributed by atoms with Crippen molar-refractivity contribution in [2.75, 3.05) is 11.5 Å². The molecule has 0 saturated heterocycles. The fraction of sp³-hybridized carbons (Fsp3) is 0.167. The van der Waals surface area contributed by atoms with Gasteiger partial charge in [0.1, 0.15) is 11.8 Å². The van der Waals surface area contributed by atoms with Crippen molar-refractivity contribution in [3.8, 4) is 5.75 Å². The van der Waals surface area contributed by atoms with Gasteiger partial charge in [-0.2, -0.15) is 0 Å². The number of nitrogens with zero attached hydrogens (tertiary/aromatic N) is 2. The lowest BCUT2D eigenvalue weighted by atomic mass is 10.0. The zero-order valence-corrected chi connectivity index (χ0v) is 17.4. The molecule has 2 amide bonds. The Morgan fingerprint density at radius 2 is 1.81 bits per heavy atom. The molecule has 0 spiro atoms. The number of rotatable bonds is 5. The van der Waals surface area contributed by atoms with E-state index in [-0.39, 0.29) is 24.7 Å². The first-order valence-electron chi connectivity index (χ1n) is 10.1. The van der Waals surface area contributed by atoms with E-state index in [1.165, 1.54) is 29.2 Å². The van der Waals surface area contributed by atoms with E-state index in [2.05, 4.69) is 5.32 Å². The monoisotopic (exact) mass is 431 g/mol. The highest BCUT2D eigenvalue weighted by atomic mass is 16.6. The minimum Gasteiger partial charge on any atom is -0.483 e. The van der Waals surface area contributed by atoms with Crippen molar-refractivity contribution < 1.29 is 19.2 Å². The fourth-order valence-electron chi connectivity index (χ4n) is 3.69. The molecule has 32 heavy (non-hydrogen) atoms. The Hall–Kier alpha value is -4.20. The number of hydrogen-bond acceptors (Lipinski definition) is 5. The van der Waals surface area contributed by atoms with E-state index in [0.717, 1.165) is 11.1 Å². The second-order valence-corrected chi connectivity index (χ2v) is 7.47. The molecule has 1 unspecified atom stereocenters. The van der Waals surface area contributed by atoms with Gasteiger partial charge in [-0.05, 0) is 30.2 Å². The first kappa shape index (κ1) is 21.0. The number of anilines is 1. The lowest BCUT2D eigenvalue weighted by Crippen LogP contribution is -2.43. The highest BCUT2D eigenvalue weighted by Gasteiger charge is 2.33. The summed E-state index contributed by atoms with van der Waals surface area (Å²) >= 11 is 0. The SMILES string of the molecule is Cc1cccc2c1OCC(=O)NC2C(=O)N(Cc1ccccc1)c1ccc([N+](=O)[O-])cc1. The molecule has 1 aliphatic rings. The first-order valence-corrected chi connectivity index (χ1v) is 10.1. The van der Waals surface area contributed by atoms with Crippen LogP contribution in [0.15, 0.2) is 72.8 Å². The molecular formula is C24H21N3O5. The molecule has 1 atom stereocenters. The number of para-hydroxylation sites is 1. The van der Waals surface area contributed by atoms with Gasteiger partial charge in [-0.25, -0.2) is 0 Å². The molecule has 0 radical (unpaired) electrons. The molecule has 0 aliphatic carbocycles. The second kappa shape index (κ2) is 8.89. The fourth-order valence-corrected chi connectivity index (χ4v) is 3.69. The number of nitro benzene ring substituents is 1. The highest BCUT2D eigenvalue weighted by Crippen LogP contribution is 2.33. The van der Waals surface area contributed by atoms with Crippen LogP contribution >= 0.6 is 0 Å². The van der Waals surface area contributed by atoms with Crippen LogP contribution in [0.1, 0.15) is 22.7 Å². The maximum absolute atomic E-state index is 13.8. The van der Waals surface area contributed by atoms with Crippen LogP contribution in [0.25, 0.3) is 0 Å². The van der Waals surface area contributed by atoms with Gasteiger partial charge >= 0.3 is 0 Å². The van der Waals surface area contributed by atoms with Crippen LogP contribution in [0.4, 0.5) is 11.4 Å². The standard InChI is InChI=1S/C24H21N3O5/c1-16-6-5-9-20-22(25-21(28)15-32-23(16)20)24(29)26(14-17-7-3-2-4-8-17)18-10-12-19(13-11-18)27(30)31/h2-13,22H,14-15H2,1H3,(H,25,28). The Morgan fingerprint density at radius 1 is 1.09 bits per heavy atom. The molecule has 8 nitrogen and oxygen atoms in total. The molecule has 1 aliphatic heterocycles. The summed E-state index contributed by atoms with van der Waals surface area (Å²) in [4.78, 5) is 38.2. The van der Waals surface area contributed by atoms with Gasteiger partial charge in [0, 0.05) is 23.4 Å². The van der Waals surface area contributed by atoms with E-state index in [1.807, 2.05) is 49.4 Å². The Kier molecular flexibility index (Phi) is 5.85. The molecule has 1 heterocycles. The van der Waals surface area contributed by atoms with Gasteiger partial charge in [0.15, 0.2) is 6.61 Å². The van der Waals surface area contributed by atoms with Gasteiger partial charge < -0.3 is 15.0 Å². The number of hydrogen-bond donors (Lipinski definition) is 1. The Bertz CT molecular complexity index is 1160. The van der Waals surface area contributed by atoms with Crippen LogP contribution in [0.3, 0.4) is 0 Å². The van der Waals surface area contributed by atoms with Crippen molar-refractivity contribution in [1.29, 1.82) is 0 Å². The summed E-state index contributed by atoms with van der Waals surface area (Å²) in [5.41, 5.74) is 2.68. The third-order valence-electron chi connectivity index (χ3n) is 5.27. The molecule has 0 aromatic heterocycles. The van der Waals surface area contributed by atoms with E-state index < -0.39 is 16.9 Å². The molecular weight excluding hydrogens is 410 g/mol. The zero-order chi connectivity index (χ0) is 22.7. The quantitative estimate of drug-likeness (QED) is 0.490. The smallest absolute Gasteiger partial charge is 0.269 e. The van der Waals surface area contributed by atoms with Crippen LogP contribution in [0.2, 0.25) is 0 Å². The summed E-state index contributed by atoms with van der Waals surface area (Å²) in [6.07, 6.45) is 0. The molecule has 3 aromatic carbocycles. The van der Waals surface area contributed by atoms with Crippen molar-refractivity contribution in [1.82, 2.24) is 5.32 Å². The molecule has 8 heteroatoms. The minimum atomic E-state index is -0.959. The number of aryl methyl sites for hydroxylation is 1. The third kappa shape index (κ3) is 4.29. The number of carbonyl (C=O) groups is 2. The van der Waals surface area contributed by atoms with Gasteiger partial charge in [-0.3, -0.25) is 19.7 Å². The van der Waals surface area contributed by atoms with Gasteiger partial charge in [-0.15, -0.1) is 0 Å². The van der Waals surface area contributed by atoms with E-state index in [1.54, 1.807) is 6.07 Å². The lowest BCUT2D eigenvalue weighted by molar-refractivity contribution is -0.384. The van der Waals surface area contributed by atoms with Crippen LogP contribution in [0, 0.1) is 17.0 Å². The zero-order valence-electron chi connectivity index (χ0n) is 17.4. The summed E-state index contributed by atoms with van der Waals surface area (Å²) in [6, 6.07) is 19.6. The molecule has 0 saturated carbocycles. The van der Waals surface area contributed by atoms with Gasteiger partial charge in [-0.1, -0.05) is 48.5 Å². The van der Waals surface area contributed by atoms with Gasteiger partial charge in [0.05, 0.1) is 11.5 Å². The third-order valence-corrected chi connectivity index (χ3v) is 5.27. The number of fused-ring (bicyclic) bond motifs is 1. The number of nitrogens with one attached hydrogen (secondary N) is 1. The number of amides is 2. The second-order valence-electron chi connectivity index (χ2n) is 7.47. The van der Waals surface area contributed by atoms with Crippen LogP contribution in [-0.2, 0) is 16.1 Å². The van der Waals surface area contributed by atoms with E-state index in [9.17, 15) is 19.7 Å². The first-order chi connectivity index (χ1) is 15.4. The van der Waals surface area contributed by atoms with Gasteiger partial charge in [0.25, 0.3) is 17.5 Å². The van der Waals surface area contributed by atoms with Gasteiger partial charge in [0.2, 0.25) is 0 Å². The number of ether oxygens (including phenoxy) is 1. The van der Waals surface area contributed by atoms with E-state index in [4.69, 9.17) is 4.74 Å². The number of benzene rings is 3. The molecule has 0 fully saturated rings. The lowest BCUT2D eigenvalue weighted by Gasteiger charge is -2.28. The number of nitro groups is 1. The van der Waals surface area contributed by atoms with Crippen LogP contribution in [-0.4, -0.2) is 23.3 Å². The van der Waals surface area contributed by atoms with Crippen molar-refractivity contribution in [3.05, 3.63) is 99.6 Å². The highest BCUT2D eigenvalue weighted by molar-refractivity contribution is 6.00. The van der Waals surface area contributed by atoms with E-state index in [0.29, 0.717) is 17.0 Å². The van der Waals surface area contributed by atoms with Crippen LogP contribution < -0.4 is 15.0 Å². The Morgan fingerprint density at radius 3 is 2.50 bits per heavy atom. The minimum absolute atomic E-state index is 0.0713. The normalized spacial score (nSPS) is 15.0. The average Bonchev–Trinajstić information content (AvgIpc) is 2.97. The molecule has 0 bridgehead atoms. The Balaban J connectivity index is 1.76. The van der Waals surface area contributed by atoms with Crippen molar-refractivity contribution in [3.63, 3.8) is 0 Å². The summed E-state index contributed by atoms with van der Waals surface area (Å²) < 4.78 is 5.66. The summed E-state index contributed by atoms with van der Waals surface area (Å²) in [5.74, 6) is -0.261. The largest absolute Gasteiger partial charge is 0.483 e. The maximum atomic E-state index is 13.8. The van der Waals surface area contributed by atoms with Crippen molar-refractivity contribution in [2.24, 2.45) is 0 Å². The Labute approximate surface area is 184 Å². The summed E-state index contributed by atoms with van der Waals surface area (Å²) in [7, 11) is 0. The number of non-ortho nitro benzene ring substituents is 1. The topological polar surface area (TPSA) is 102 Å². The van der Waals surface area contributed by atoms with Crippen molar-refractivity contribution >= 4 is 23.2 Å². The molecule has 4 rings (SSSR count). The van der Waals surface area contributed by atoms with E-state index >= 15 is 0 Å². The van der Waals surface area contributed by atoms with Crippen molar-refractivity contribution in [2.45, 2.75) is 19.5 Å². The van der Waals surface area contributed by atoms with Crippen LogP contribution in [0.5, 0.6) is 5.75 Å².